The van der Waals surface area contributed by atoms with Crippen molar-refractivity contribution in [2.45, 2.75) is 32.0 Å². The molecule has 2 N–H and O–H groups in total. The van der Waals surface area contributed by atoms with E-state index in [1.807, 2.05) is 19.2 Å². The van der Waals surface area contributed by atoms with Crippen molar-refractivity contribution in [1.82, 2.24) is 15.5 Å². The van der Waals surface area contributed by atoms with E-state index in [1.54, 1.807) is 7.11 Å². The molecule has 1 aliphatic rings. The highest BCUT2D eigenvalue weighted by atomic mass is 35.5. The number of guanidine groups is 1. The maximum absolute atomic E-state index is 6.27. The molecule has 30 heavy (non-hydrogen) atoms. The van der Waals surface area contributed by atoms with Crippen LogP contribution >= 0.6 is 11.6 Å². The first-order chi connectivity index (χ1) is 14.6. The predicted octanol–water partition coefficient (Wildman–Crippen LogP) is 4.23. The molecule has 2 unspecified atom stereocenters. The summed E-state index contributed by atoms with van der Waals surface area (Å²) in [7, 11) is 5.74. The number of ether oxygens (including phenoxy) is 1. The Kier molecular flexibility index (Phi) is 8.55. The largest absolute Gasteiger partial charge is 0.380 e. The van der Waals surface area contributed by atoms with Crippen LogP contribution in [0.4, 0.5) is 0 Å². The van der Waals surface area contributed by atoms with Crippen molar-refractivity contribution in [2.24, 2.45) is 10.9 Å². The molecule has 2 atom stereocenters. The lowest BCUT2D eigenvalue weighted by atomic mass is 9.85. The number of nitrogens with one attached hydrogen (secondary N) is 2. The molecule has 2 aromatic rings. The Hall–Kier alpha value is -2.08. The van der Waals surface area contributed by atoms with Crippen LogP contribution in [-0.2, 0) is 17.9 Å². The number of methoxy groups -OCH3 is 1. The Balaban J connectivity index is 1.57. The van der Waals surface area contributed by atoms with Gasteiger partial charge in [-0.2, -0.15) is 0 Å². The molecular formula is C24H33ClN4O. The van der Waals surface area contributed by atoms with Crippen molar-refractivity contribution in [1.29, 1.82) is 0 Å². The van der Waals surface area contributed by atoms with E-state index >= 15 is 0 Å². The van der Waals surface area contributed by atoms with Crippen molar-refractivity contribution < 1.29 is 4.74 Å². The maximum Gasteiger partial charge on any atom is 0.191 e. The smallest absolute Gasteiger partial charge is 0.191 e. The number of aliphatic imine (C=N–C) groups is 1. The van der Waals surface area contributed by atoms with Gasteiger partial charge in [0, 0.05) is 38.3 Å². The molecule has 0 bridgehead atoms. The van der Waals surface area contributed by atoms with Crippen LogP contribution in [0.15, 0.2) is 53.5 Å². The van der Waals surface area contributed by atoms with E-state index < -0.39 is 0 Å². The summed E-state index contributed by atoms with van der Waals surface area (Å²) in [4.78, 5) is 6.85. The molecule has 3 rings (SSSR count). The molecule has 6 heteroatoms. The molecule has 0 aliphatic carbocycles. The molecule has 2 aromatic carbocycles. The average molecular weight is 429 g/mol. The van der Waals surface area contributed by atoms with Crippen LogP contribution < -0.4 is 10.6 Å². The van der Waals surface area contributed by atoms with Crippen molar-refractivity contribution in [2.75, 3.05) is 34.3 Å². The minimum Gasteiger partial charge on any atom is -0.380 e. The summed E-state index contributed by atoms with van der Waals surface area (Å²) in [6, 6.07) is 17.1. The Morgan fingerprint density at radius 1 is 1.17 bits per heavy atom. The van der Waals surface area contributed by atoms with Crippen molar-refractivity contribution >= 4 is 17.6 Å². The summed E-state index contributed by atoms with van der Waals surface area (Å²) < 4.78 is 5.17. The second kappa shape index (κ2) is 11.3. The molecular weight excluding hydrogens is 396 g/mol. The standard InChI is InChI=1S/C24H33ClN4O/c1-26-24(27-15-18-9-11-19(12-10-18)17-30-3)28-16-21-7-5-13-29(2)23(21)20-6-4-8-22(25)14-20/h4,6,8-12,14,21,23H,5,7,13,15-17H2,1-3H3,(H2,26,27,28). The molecule has 0 radical (unpaired) electrons. The number of nitrogens with zero attached hydrogens (tertiary/aromatic N) is 2. The molecule has 5 nitrogen and oxygen atoms in total. The van der Waals surface area contributed by atoms with Gasteiger partial charge in [0.1, 0.15) is 0 Å². The number of likely N-dealkylation sites (tertiary alicyclic amines) is 1. The van der Waals surface area contributed by atoms with Gasteiger partial charge in [-0.15, -0.1) is 0 Å². The number of hydrogen-bond donors (Lipinski definition) is 2. The summed E-state index contributed by atoms with van der Waals surface area (Å²) in [5.74, 6) is 1.32. The van der Waals surface area contributed by atoms with Gasteiger partial charge < -0.3 is 15.4 Å². The lowest BCUT2D eigenvalue weighted by molar-refractivity contribution is 0.122. The second-order valence-electron chi connectivity index (χ2n) is 7.94. The van der Waals surface area contributed by atoms with Gasteiger partial charge in [-0.25, -0.2) is 0 Å². The fourth-order valence-electron chi connectivity index (χ4n) is 4.24. The lowest BCUT2D eigenvalue weighted by Gasteiger charge is -2.40. The molecule has 1 saturated heterocycles. The summed E-state index contributed by atoms with van der Waals surface area (Å²) in [6.07, 6.45) is 2.40. The Labute approximate surface area is 185 Å². The van der Waals surface area contributed by atoms with Crippen LogP contribution in [0, 0.1) is 5.92 Å². The molecule has 0 saturated carbocycles. The van der Waals surface area contributed by atoms with Gasteiger partial charge in [-0.05, 0) is 61.2 Å². The summed E-state index contributed by atoms with van der Waals surface area (Å²) >= 11 is 6.27. The van der Waals surface area contributed by atoms with Gasteiger partial charge in [0.25, 0.3) is 0 Å². The number of hydrogen-bond acceptors (Lipinski definition) is 3. The molecule has 0 amide bonds. The van der Waals surface area contributed by atoms with Gasteiger partial charge in [0.15, 0.2) is 5.96 Å². The molecule has 1 fully saturated rings. The summed E-state index contributed by atoms with van der Waals surface area (Å²) in [5.41, 5.74) is 3.68. The predicted molar refractivity (Wildman–Crippen MR) is 125 cm³/mol. The molecule has 0 spiro atoms. The Morgan fingerprint density at radius 3 is 2.63 bits per heavy atom. The van der Waals surface area contributed by atoms with Gasteiger partial charge in [0.2, 0.25) is 0 Å². The number of rotatable bonds is 7. The lowest BCUT2D eigenvalue weighted by Crippen LogP contribution is -2.44. The number of piperidine rings is 1. The van der Waals surface area contributed by atoms with Gasteiger partial charge in [-0.1, -0.05) is 48.0 Å². The highest BCUT2D eigenvalue weighted by Crippen LogP contribution is 2.35. The molecule has 162 valence electrons. The van der Waals surface area contributed by atoms with Crippen molar-refractivity contribution in [3.8, 4) is 0 Å². The molecule has 0 aromatic heterocycles. The first-order valence-electron chi connectivity index (χ1n) is 10.6. The summed E-state index contributed by atoms with van der Waals surface area (Å²) in [5, 5.41) is 7.76. The van der Waals surface area contributed by atoms with Gasteiger partial charge >= 0.3 is 0 Å². The zero-order valence-corrected chi connectivity index (χ0v) is 19.0. The maximum atomic E-state index is 6.27. The third-order valence-electron chi connectivity index (χ3n) is 5.75. The SMILES string of the molecule is CN=C(NCc1ccc(COC)cc1)NCC1CCCN(C)C1c1cccc(Cl)c1. The van der Waals surface area contributed by atoms with Crippen molar-refractivity contribution in [3.05, 3.63) is 70.2 Å². The van der Waals surface area contributed by atoms with Crippen molar-refractivity contribution in [3.63, 3.8) is 0 Å². The monoisotopic (exact) mass is 428 g/mol. The van der Waals surface area contributed by atoms with E-state index in [-0.39, 0.29) is 0 Å². The zero-order chi connectivity index (χ0) is 21.3. The Bertz CT molecular complexity index is 824. The second-order valence-corrected chi connectivity index (χ2v) is 8.38. The zero-order valence-electron chi connectivity index (χ0n) is 18.2. The van der Waals surface area contributed by atoms with Gasteiger partial charge in [-0.3, -0.25) is 9.89 Å². The normalized spacial score (nSPS) is 20.2. The van der Waals surface area contributed by atoms with Crippen LogP contribution in [0.2, 0.25) is 5.02 Å². The van der Waals surface area contributed by atoms with E-state index in [4.69, 9.17) is 16.3 Å². The van der Waals surface area contributed by atoms with Crippen LogP contribution in [0.1, 0.15) is 35.6 Å². The fourth-order valence-corrected chi connectivity index (χ4v) is 4.44. The number of halogens is 1. The highest BCUT2D eigenvalue weighted by Gasteiger charge is 2.30. The van der Waals surface area contributed by atoms with Crippen LogP contribution in [-0.4, -0.2) is 45.2 Å². The third kappa shape index (κ3) is 6.21. The van der Waals surface area contributed by atoms with E-state index in [9.17, 15) is 0 Å². The quantitative estimate of drug-likeness (QED) is 0.511. The minimum absolute atomic E-state index is 0.358. The van der Waals surface area contributed by atoms with E-state index in [2.05, 4.69) is 64.0 Å². The third-order valence-corrected chi connectivity index (χ3v) is 5.98. The van der Waals surface area contributed by atoms with Crippen LogP contribution in [0.25, 0.3) is 0 Å². The van der Waals surface area contributed by atoms with Crippen LogP contribution in [0.3, 0.4) is 0 Å². The highest BCUT2D eigenvalue weighted by molar-refractivity contribution is 6.30. The molecule has 1 aliphatic heterocycles. The Morgan fingerprint density at radius 2 is 1.93 bits per heavy atom. The topological polar surface area (TPSA) is 48.9 Å². The fraction of sp³-hybridized carbons (Fsp3) is 0.458. The first kappa shape index (κ1) is 22.6. The minimum atomic E-state index is 0.358. The van der Waals surface area contributed by atoms with E-state index in [0.29, 0.717) is 18.6 Å². The van der Waals surface area contributed by atoms with E-state index in [1.165, 1.54) is 29.5 Å². The molecule has 1 heterocycles. The average Bonchev–Trinajstić information content (AvgIpc) is 2.75. The van der Waals surface area contributed by atoms with E-state index in [0.717, 1.165) is 30.6 Å². The van der Waals surface area contributed by atoms with Crippen LogP contribution in [0.5, 0.6) is 0 Å². The van der Waals surface area contributed by atoms with Gasteiger partial charge in [0.05, 0.1) is 6.61 Å². The summed E-state index contributed by atoms with van der Waals surface area (Å²) in [6.45, 7) is 3.35. The first-order valence-corrected chi connectivity index (χ1v) is 11.0. The number of benzene rings is 2.